The van der Waals surface area contributed by atoms with Crippen LogP contribution in [0.15, 0.2) is 54.6 Å². The van der Waals surface area contributed by atoms with E-state index in [0.29, 0.717) is 52.5 Å². The summed E-state index contributed by atoms with van der Waals surface area (Å²) in [5, 5.41) is 2.95. The van der Waals surface area contributed by atoms with E-state index < -0.39 is 0 Å². The topological polar surface area (TPSA) is 109 Å². The van der Waals surface area contributed by atoms with Gasteiger partial charge < -0.3 is 34.1 Å². The minimum atomic E-state index is -0.311. The lowest BCUT2D eigenvalue weighted by Crippen LogP contribution is -2.47. The highest BCUT2D eigenvalue weighted by molar-refractivity contribution is 6.12. The normalized spacial score (nSPS) is 12.8. The van der Waals surface area contributed by atoms with Gasteiger partial charge in [-0.15, -0.1) is 24.8 Å². The number of likely N-dealkylation sites (N-methyl/N-ethyl adjacent to an activating group) is 1. The van der Waals surface area contributed by atoms with E-state index in [0.717, 1.165) is 75.3 Å². The van der Waals surface area contributed by atoms with Crippen LogP contribution in [0.1, 0.15) is 71.1 Å². The molecule has 0 atom stereocenters. The summed E-state index contributed by atoms with van der Waals surface area (Å²) < 4.78 is 13.9. The number of rotatable bonds is 14. The molecule has 1 N–H and O–H groups in total. The molecule has 1 aromatic heterocycles. The molecule has 4 aromatic rings. The molecule has 11 nitrogen and oxygen atoms in total. The first-order chi connectivity index (χ1) is 24.1. The molecule has 0 saturated carbocycles. The number of piperazine rings is 1. The molecule has 0 bridgehead atoms. The Morgan fingerprint density at radius 2 is 1.67 bits per heavy atom. The summed E-state index contributed by atoms with van der Waals surface area (Å²) >= 11 is 0. The highest BCUT2D eigenvalue weighted by Gasteiger charge is 2.22. The first-order valence-electron chi connectivity index (χ1n) is 17.5. The fraction of sp³-hybridized carbons (Fsp3) is 0.436. The van der Waals surface area contributed by atoms with Crippen molar-refractivity contribution in [3.8, 4) is 11.5 Å². The van der Waals surface area contributed by atoms with Crippen LogP contribution >= 0.6 is 24.8 Å². The number of carbonyl (C=O) groups excluding carboxylic acids is 3. The predicted octanol–water partition coefficient (Wildman–Crippen LogP) is 7.16. The summed E-state index contributed by atoms with van der Waals surface area (Å²) in [6, 6.07) is 16.4. The number of nitrogens with zero attached hydrogens (tertiary/aromatic N) is 5. The number of aryl methyl sites for hydroxylation is 3. The third-order valence-electron chi connectivity index (χ3n) is 9.29. The Labute approximate surface area is 319 Å². The molecule has 1 aliphatic heterocycles. The van der Waals surface area contributed by atoms with Crippen LogP contribution in [0.25, 0.3) is 11.0 Å². The number of unbranched alkanes of at least 4 members (excludes halogenated alkanes) is 2. The van der Waals surface area contributed by atoms with Crippen molar-refractivity contribution in [3.05, 3.63) is 77.1 Å². The van der Waals surface area contributed by atoms with Crippen molar-refractivity contribution >= 4 is 64.9 Å². The first-order valence-corrected chi connectivity index (χ1v) is 17.5. The van der Waals surface area contributed by atoms with E-state index in [1.807, 2.05) is 49.1 Å². The Hall–Kier alpha value is -4.32. The summed E-state index contributed by atoms with van der Waals surface area (Å²) in [5.74, 6) is 1.52. The molecule has 0 aliphatic carbocycles. The van der Waals surface area contributed by atoms with Crippen LogP contribution in [0, 0.1) is 13.8 Å². The van der Waals surface area contributed by atoms with Crippen molar-refractivity contribution in [2.24, 2.45) is 0 Å². The van der Waals surface area contributed by atoms with Crippen molar-refractivity contribution in [1.82, 2.24) is 19.4 Å². The van der Waals surface area contributed by atoms with E-state index in [1.165, 1.54) is 7.11 Å². The molecule has 5 rings (SSSR count). The van der Waals surface area contributed by atoms with Crippen molar-refractivity contribution in [2.45, 2.75) is 59.4 Å². The second-order valence-electron chi connectivity index (χ2n) is 13.0. The van der Waals surface area contributed by atoms with Gasteiger partial charge in [0, 0.05) is 51.8 Å². The van der Waals surface area contributed by atoms with E-state index in [9.17, 15) is 14.4 Å². The maximum atomic E-state index is 13.7. The molecule has 0 radical (unpaired) electrons. The van der Waals surface area contributed by atoms with Gasteiger partial charge in [0.15, 0.2) is 0 Å². The van der Waals surface area contributed by atoms with Crippen molar-refractivity contribution < 1.29 is 23.9 Å². The van der Waals surface area contributed by atoms with Gasteiger partial charge in [-0.3, -0.25) is 14.4 Å². The zero-order chi connectivity index (χ0) is 35.8. The maximum Gasteiger partial charge on any atom is 0.258 e. The van der Waals surface area contributed by atoms with E-state index in [4.69, 9.17) is 9.47 Å². The second kappa shape index (κ2) is 19.5. The largest absolute Gasteiger partial charge is 0.495 e. The summed E-state index contributed by atoms with van der Waals surface area (Å²) in [6.45, 7) is 10.8. The van der Waals surface area contributed by atoms with Crippen LogP contribution in [-0.4, -0.2) is 91.1 Å². The molecule has 3 aromatic carbocycles. The van der Waals surface area contributed by atoms with Gasteiger partial charge in [-0.1, -0.05) is 19.1 Å². The van der Waals surface area contributed by atoms with Gasteiger partial charge in [0.1, 0.15) is 22.8 Å². The zero-order valence-corrected chi connectivity index (χ0v) is 32.7. The molecular weight excluding hydrogens is 703 g/mol. The molecule has 282 valence electrons. The number of ether oxygens (including phenoxy) is 2. The van der Waals surface area contributed by atoms with Crippen LogP contribution in [0.5, 0.6) is 11.5 Å². The summed E-state index contributed by atoms with van der Waals surface area (Å²) in [5.41, 5.74) is 4.54. The number of aromatic nitrogens is 2. The van der Waals surface area contributed by atoms with Crippen LogP contribution < -0.4 is 19.7 Å². The van der Waals surface area contributed by atoms with Gasteiger partial charge in [0.2, 0.25) is 5.91 Å². The standard InChI is InChI=1S/C39H50N6O5.2ClH/c1-7-19-45-28(3)40-37-30(12-11-13-33(37)45)38(47)41-31-17-16-29(26-34(31)49-6)39(48)43(5)32-18-15-27(2)25-35(32)50-24-10-8-9-14-36(46)44-22-20-42(4)21-23-44;;/h11-13,15-18,25-26H,7-10,14,19-24H2,1-6H3,(H,41,47);2*1H. The molecular formula is C39H52Cl2N6O5. The number of para-hydroxylation sites is 1. The third kappa shape index (κ3) is 9.96. The number of hydrogen-bond donors (Lipinski definition) is 1. The maximum absolute atomic E-state index is 13.7. The Morgan fingerprint density at radius 1 is 0.923 bits per heavy atom. The molecule has 52 heavy (non-hydrogen) atoms. The molecule has 0 unspecified atom stereocenters. The SMILES string of the molecule is CCCn1c(C)nc2c(C(=O)Nc3ccc(C(=O)N(C)c4ccc(C)cc4OCCCCCC(=O)N4CCN(C)CC4)cc3OC)cccc21.Cl.Cl. The number of amides is 3. The lowest BCUT2D eigenvalue weighted by Gasteiger charge is -2.32. The van der Waals surface area contributed by atoms with E-state index in [-0.39, 0.29) is 42.5 Å². The van der Waals surface area contributed by atoms with Crippen molar-refractivity contribution in [3.63, 3.8) is 0 Å². The number of anilines is 2. The lowest BCUT2D eigenvalue weighted by atomic mass is 10.1. The monoisotopic (exact) mass is 754 g/mol. The van der Waals surface area contributed by atoms with Gasteiger partial charge in [0.05, 0.1) is 36.2 Å². The fourth-order valence-corrected chi connectivity index (χ4v) is 6.34. The number of hydrogen-bond acceptors (Lipinski definition) is 7. The van der Waals surface area contributed by atoms with Gasteiger partial charge in [-0.25, -0.2) is 4.98 Å². The van der Waals surface area contributed by atoms with Gasteiger partial charge in [0.25, 0.3) is 11.8 Å². The first kappa shape index (κ1) is 42.1. The number of methoxy groups -OCH3 is 1. The van der Waals surface area contributed by atoms with Gasteiger partial charge in [-0.05, 0) is 94.6 Å². The Morgan fingerprint density at radius 3 is 2.38 bits per heavy atom. The molecule has 2 heterocycles. The summed E-state index contributed by atoms with van der Waals surface area (Å²) in [6.07, 6.45) is 4.03. The Balaban J connectivity index is 0.00000364. The second-order valence-corrected chi connectivity index (χ2v) is 13.0. The minimum Gasteiger partial charge on any atom is -0.495 e. The van der Waals surface area contributed by atoms with Gasteiger partial charge in [-0.2, -0.15) is 0 Å². The van der Waals surface area contributed by atoms with Crippen molar-refractivity contribution in [2.75, 3.05) is 64.2 Å². The molecule has 0 spiro atoms. The van der Waals surface area contributed by atoms with Crippen LogP contribution in [0.2, 0.25) is 0 Å². The highest BCUT2D eigenvalue weighted by atomic mass is 35.5. The smallest absolute Gasteiger partial charge is 0.258 e. The summed E-state index contributed by atoms with van der Waals surface area (Å²) in [4.78, 5) is 50.2. The average Bonchev–Trinajstić information content (AvgIpc) is 3.44. The highest BCUT2D eigenvalue weighted by Crippen LogP contribution is 2.32. The van der Waals surface area contributed by atoms with E-state index in [1.54, 1.807) is 36.2 Å². The van der Waals surface area contributed by atoms with Gasteiger partial charge >= 0.3 is 0 Å². The third-order valence-corrected chi connectivity index (χ3v) is 9.29. The number of halogens is 2. The quantitative estimate of drug-likeness (QED) is 0.136. The lowest BCUT2D eigenvalue weighted by molar-refractivity contribution is -0.132. The predicted molar refractivity (Wildman–Crippen MR) is 212 cm³/mol. The van der Waals surface area contributed by atoms with Crippen LogP contribution in [-0.2, 0) is 11.3 Å². The number of fused-ring (bicyclic) bond motifs is 1. The minimum absolute atomic E-state index is 0. The molecule has 1 fully saturated rings. The molecule has 3 amide bonds. The average molecular weight is 756 g/mol. The number of benzene rings is 3. The molecule has 1 aliphatic rings. The Kier molecular flexibility index (Phi) is 15.8. The number of carbonyl (C=O) groups is 3. The van der Waals surface area contributed by atoms with Crippen LogP contribution in [0.4, 0.5) is 11.4 Å². The van der Waals surface area contributed by atoms with E-state index >= 15 is 0 Å². The Bertz CT molecular complexity index is 1840. The molecule has 1 saturated heterocycles. The molecule has 13 heteroatoms. The number of imidazole rings is 1. The van der Waals surface area contributed by atoms with Crippen LogP contribution in [0.3, 0.4) is 0 Å². The fourth-order valence-electron chi connectivity index (χ4n) is 6.34. The number of nitrogens with one attached hydrogen (secondary N) is 1. The zero-order valence-electron chi connectivity index (χ0n) is 31.1. The summed E-state index contributed by atoms with van der Waals surface area (Å²) in [7, 11) is 5.31. The van der Waals surface area contributed by atoms with Crippen molar-refractivity contribution in [1.29, 1.82) is 0 Å². The van der Waals surface area contributed by atoms with E-state index in [2.05, 4.69) is 33.7 Å².